The molecule has 1 aromatic heterocycles. The predicted octanol–water partition coefficient (Wildman–Crippen LogP) is -2.15. The molecule has 2 rings (SSSR count). The molecule has 0 aliphatic carbocycles. The Balaban J connectivity index is 0.000000922. The fraction of sp³-hybridized carbons (Fsp3) is 0.455. The van der Waals surface area contributed by atoms with Crippen LogP contribution in [0.25, 0.3) is 0 Å². The van der Waals surface area contributed by atoms with Crippen molar-refractivity contribution in [1.82, 2.24) is 9.55 Å². The van der Waals surface area contributed by atoms with Crippen LogP contribution in [0, 0.1) is 0 Å². The SMILES string of the molecule is C=CBr.O.O=c1ccn([C@@H]2O[C@H](CO)[C@@H](O)[C@H]2O)c(=O)[nH]1. The normalized spacial score (nSPS) is 27.2. The number of halogens is 1. The average molecular weight is 369 g/mol. The first-order valence-electron chi connectivity index (χ1n) is 5.61. The zero-order valence-electron chi connectivity index (χ0n) is 10.8. The summed E-state index contributed by atoms with van der Waals surface area (Å²) in [5.74, 6) is 0. The maximum absolute atomic E-state index is 11.4. The minimum Gasteiger partial charge on any atom is -0.412 e. The van der Waals surface area contributed by atoms with Crippen LogP contribution in [0.5, 0.6) is 0 Å². The third kappa shape index (κ3) is 4.59. The highest BCUT2D eigenvalue weighted by Gasteiger charge is 2.43. The van der Waals surface area contributed by atoms with Gasteiger partial charge in [-0.2, -0.15) is 0 Å². The lowest BCUT2D eigenvalue weighted by Crippen LogP contribution is -2.37. The molecule has 1 saturated heterocycles. The lowest BCUT2D eigenvalue weighted by atomic mass is 10.1. The van der Waals surface area contributed by atoms with Crippen molar-refractivity contribution in [2.24, 2.45) is 0 Å². The summed E-state index contributed by atoms with van der Waals surface area (Å²) in [7, 11) is 0. The smallest absolute Gasteiger partial charge is 0.330 e. The Labute approximate surface area is 127 Å². The summed E-state index contributed by atoms with van der Waals surface area (Å²) in [5, 5.41) is 28.1. The molecule has 0 radical (unpaired) electrons. The third-order valence-electron chi connectivity index (χ3n) is 2.64. The van der Waals surface area contributed by atoms with Crippen molar-refractivity contribution >= 4 is 15.9 Å². The predicted molar refractivity (Wildman–Crippen MR) is 77.1 cm³/mol. The van der Waals surface area contributed by atoms with Gasteiger partial charge in [0, 0.05) is 12.3 Å². The summed E-state index contributed by atoms with van der Waals surface area (Å²) < 4.78 is 6.08. The Morgan fingerprint density at radius 2 is 2.00 bits per heavy atom. The van der Waals surface area contributed by atoms with Crippen molar-refractivity contribution in [2.75, 3.05) is 6.61 Å². The molecule has 120 valence electrons. The molecule has 9 nitrogen and oxygen atoms in total. The maximum Gasteiger partial charge on any atom is 0.330 e. The van der Waals surface area contributed by atoms with Crippen LogP contribution in [-0.2, 0) is 4.74 Å². The van der Waals surface area contributed by atoms with E-state index in [-0.39, 0.29) is 5.48 Å². The summed E-state index contributed by atoms with van der Waals surface area (Å²) in [6, 6.07) is 1.09. The van der Waals surface area contributed by atoms with Gasteiger partial charge in [0.05, 0.1) is 6.61 Å². The molecular formula is C11H17BrN2O7. The Hall–Kier alpha value is -1.30. The highest BCUT2D eigenvalue weighted by atomic mass is 79.9. The monoisotopic (exact) mass is 368 g/mol. The van der Waals surface area contributed by atoms with Gasteiger partial charge in [0.15, 0.2) is 6.23 Å². The van der Waals surface area contributed by atoms with Crippen LogP contribution in [0.2, 0.25) is 0 Å². The largest absolute Gasteiger partial charge is 0.412 e. The number of H-pyrrole nitrogens is 1. The lowest BCUT2D eigenvalue weighted by Gasteiger charge is -2.16. The number of nitrogens with zero attached hydrogens (tertiary/aromatic N) is 1. The number of hydrogen-bond acceptors (Lipinski definition) is 6. The van der Waals surface area contributed by atoms with Gasteiger partial charge in [-0.25, -0.2) is 4.79 Å². The van der Waals surface area contributed by atoms with Gasteiger partial charge in [0.1, 0.15) is 18.3 Å². The van der Waals surface area contributed by atoms with Crippen molar-refractivity contribution in [3.63, 3.8) is 0 Å². The molecule has 0 saturated carbocycles. The van der Waals surface area contributed by atoms with Gasteiger partial charge in [-0.1, -0.05) is 22.5 Å². The molecule has 1 fully saturated rings. The highest BCUT2D eigenvalue weighted by molar-refractivity contribution is 9.11. The van der Waals surface area contributed by atoms with Crippen molar-refractivity contribution < 1.29 is 25.5 Å². The van der Waals surface area contributed by atoms with Crippen LogP contribution in [0.3, 0.4) is 0 Å². The number of aliphatic hydroxyl groups excluding tert-OH is 3. The number of rotatable bonds is 2. The van der Waals surface area contributed by atoms with E-state index in [0.29, 0.717) is 0 Å². The third-order valence-corrected chi connectivity index (χ3v) is 2.64. The maximum atomic E-state index is 11.4. The van der Waals surface area contributed by atoms with Gasteiger partial charge in [-0.3, -0.25) is 14.3 Å². The molecule has 1 aliphatic heterocycles. The van der Waals surface area contributed by atoms with E-state index in [0.717, 1.165) is 16.8 Å². The quantitative estimate of drug-likeness (QED) is 0.466. The number of aromatic nitrogens is 2. The second kappa shape index (κ2) is 8.87. The highest BCUT2D eigenvalue weighted by Crippen LogP contribution is 2.27. The molecule has 4 atom stereocenters. The molecule has 0 aromatic carbocycles. The van der Waals surface area contributed by atoms with Crippen molar-refractivity contribution in [1.29, 1.82) is 0 Å². The van der Waals surface area contributed by atoms with Crippen LogP contribution in [0.15, 0.2) is 33.4 Å². The van der Waals surface area contributed by atoms with Crippen molar-refractivity contribution in [3.8, 4) is 0 Å². The second-order valence-electron chi connectivity index (χ2n) is 3.90. The van der Waals surface area contributed by atoms with Gasteiger partial charge in [-0.15, -0.1) is 0 Å². The van der Waals surface area contributed by atoms with Crippen LogP contribution in [0.1, 0.15) is 6.23 Å². The molecule has 6 N–H and O–H groups in total. The van der Waals surface area contributed by atoms with Crippen molar-refractivity contribution in [3.05, 3.63) is 44.7 Å². The number of aromatic amines is 1. The fourth-order valence-electron chi connectivity index (χ4n) is 1.74. The Kier molecular flexibility index (Phi) is 8.32. The molecule has 0 bridgehead atoms. The van der Waals surface area contributed by atoms with Crippen molar-refractivity contribution in [2.45, 2.75) is 24.5 Å². The first-order valence-corrected chi connectivity index (χ1v) is 6.52. The van der Waals surface area contributed by atoms with E-state index in [4.69, 9.17) is 9.84 Å². The second-order valence-corrected chi connectivity index (χ2v) is 4.55. The molecule has 2 heterocycles. The Morgan fingerprint density at radius 1 is 1.43 bits per heavy atom. The van der Waals surface area contributed by atoms with E-state index < -0.39 is 42.4 Å². The van der Waals surface area contributed by atoms with Gasteiger partial charge >= 0.3 is 5.69 Å². The number of ether oxygens (including phenoxy) is 1. The van der Waals surface area contributed by atoms with Gasteiger partial charge < -0.3 is 25.5 Å². The Morgan fingerprint density at radius 3 is 2.43 bits per heavy atom. The van der Waals surface area contributed by atoms with Crippen LogP contribution < -0.4 is 11.2 Å². The summed E-state index contributed by atoms with van der Waals surface area (Å²) in [4.78, 5) is 25.9. The molecule has 1 aromatic rings. The van der Waals surface area contributed by atoms with E-state index in [1.165, 1.54) is 0 Å². The lowest BCUT2D eigenvalue weighted by molar-refractivity contribution is -0.0550. The minimum absolute atomic E-state index is 0. The molecule has 0 amide bonds. The first-order chi connectivity index (χ1) is 9.46. The molecule has 0 unspecified atom stereocenters. The fourth-order valence-corrected chi connectivity index (χ4v) is 1.74. The zero-order chi connectivity index (χ0) is 15.3. The molecular weight excluding hydrogens is 352 g/mol. The first kappa shape index (κ1) is 19.7. The van der Waals surface area contributed by atoms with Gasteiger partial charge in [-0.05, 0) is 4.99 Å². The summed E-state index contributed by atoms with van der Waals surface area (Å²) in [6.45, 7) is 2.80. The van der Waals surface area contributed by atoms with Gasteiger partial charge in [0.25, 0.3) is 5.56 Å². The van der Waals surface area contributed by atoms with Crippen LogP contribution in [-0.4, -0.2) is 55.3 Å². The summed E-state index contributed by atoms with van der Waals surface area (Å²) >= 11 is 2.91. The average Bonchev–Trinajstić information content (AvgIpc) is 2.67. The van der Waals surface area contributed by atoms with E-state index in [1.807, 2.05) is 4.98 Å². The van der Waals surface area contributed by atoms with E-state index in [1.54, 1.807) is 4.99 Å². The molecule has 1 aliphatic rings. The molecule has 0 spiro atoms. The van der Waals surface area contributed by atoms with Crippen LogP contribution >= 0.6 is 15.9 Å². The standard InChI is InChI=1S/C9H12N2O6.C2H3Br.H2O/c12-3-4-6(14)7(15)8(17-4)11-2-1-5(13)10-9(11)16;1-2-3;/h1-2,4,6-8,12,14-15H,3H2,(H,10,13,16);2H,1H2;1H2/t4-,6-,7-,8-;;/m1../s1. The van der Waals surface area contributed by atoms with E-state index >= 15 is 0 Å². The molecule has 21 heavy (non-hydrogen) atoms. The van der Waals surface area contributed by atoms with E-state index in [2.05, 4.69) is 22.5 Å². The zero-order valence-corrected chi connectivity index (χ0v) is 12.4. The summed E-state index contributed by atoms with van der Waals surface area (Å²) in [5.41, 5.74) is -1.33. The summed E-state index contributed by atoms with van der Waals surface area (Å²) in [6.07, 6.45) is -3.58. The topological polar surface area (TPSA) is 156 Å². The minimum atomic E-state index is -1.35. The van der Waals surface area contributed by atoms with E-state index in [9.17, 15) is 19.8 Å². The molecule has 10 heteroatoms. The Bertz CT molecular complexity index is 558. The number of aliphatic hydroxyl groups is 3. The number of hydrogen-bond donors (Lipinski definition) is 4. The van der Waals surface area contributed by atoms with Crippen LogP contribution in [0.4, 0.5) is 0 Å². The van der Waals surface area contributed by atoms with Gasteiger partial charge in [0.2, 0.25) is 0 Å². The number of nitrogens with one attached hydrogen (secondary N) is 1.